The van der Waals surface area contributed by atoms with E-state index in [1.165, 1.54) is 0 Å². The highest BCUT2D eigenvalue weighted by Gasteiger charge is 2.13. The van der Waals surface area contributed by atoms with Crippen LogP contribution in [-0.4, -0.2) is 29.9 Å². The standard InChI is InChI=1S/C17H29N3O/c1-12(2)11-20(13(3)4)9-8-17(21)19-16-7-6-15(18)10-14(16)5/h6-7,10,12-13H,8-9,11,18H2,1-5H3,(H,19,21). The van der Waals surface area contributed by atoms with E-state index in [-0.39, 0.29) is 5.91 Å². The number of nitrogens with zero attached hydrogens (tertiary/aromatic N) is 1. The topological polar surface area (TPSA) is 58.4 Å². The smallest absolute Gasteiger partial charge is 0.225 e. The zero-order valence-corrected chi connectivity index (χ0v) is 13.9. The molecule has 0 heterocycles. The molecule has 21 heavy (non-hydrogen) atoms. The van der Waals surface area contributed by atoms with Gasteiger partial charge in [-0.25, -0.2) is 0 Å². The lowest BCUT2D eigenvalue weighted by Gasteiger charge is -2.27. The van der Waals surface area contributed by atoms with E-state index >= 15 is 0 Å². The molecule has 0 aliphatic carbocycles. The average molecular weight is 291 g/mol. The molecule has 0 spiro atoms. The number of hydrogen-bond donors (Lipinski definition) is 2. The molecule has 118 valence electrons. The van der Waals surface area contributed by atoms with Crippen molar-refractivity contribution in [3.63, 3.8) is 0 Å². The minimum Gasteiger partial charge on any atom is -0.399 e. The zero-order chi connectivity index (χ0) is 16.0. The van der Waals surface area contributed by atoms with Crippen molar-refractivity contribution in [2.24, 2.45) is 5.92 Å². The van der Waals surface area contributed by atoms with Crippen LogP contribution in [0.15, 0.2) is 18.2 Å². The summed E-state index contributed by atoms with van der Waals surface area (Å²) < 4.78 is 0. The summed E-state index contributed by atoms with van der Waals surface area (Å²) in [7, 11) is 0. The van der Waals surface area contributed by atoms with Crippen LogP contribution in [0, 0.1) is 12.8 Å². The molecule has 0 saturated carbocycles. The van der Waals surface area contributed by atoms with Crippen molar-refractivity contribution in [2.75, 3.05) is 24.1 Å². The zero-order valence-electron chi connectivity index (χ0n) is 13.9. The third-order valence-electron chi connectivity index (χ3n) is 3.48. The van der Waals surface area contributed by atoms with Crippen LogP contribution < -0.4 is 11.1 Å². The summed E-state index contributed by atoms with van der Waals surface area (Å²) in [6.07, 6.45) is 0.509. The van der Waals surface area contributed by atoms with Gasteiger partial charge in [-0.3, -0.25) is 4.79 Å². The van der Waals surface area contributed by atoms with Crippen molar-refractivity contribution in [1.29, 1.82) is 0 Å². The van der Waals surface area contributed by atoms with Gasteiger partial charge in [-0.2, -0.15) is 0 Å². The predicted molar refractivity (Wildman–Crippen MR) is 90.4 cm³/mol. The molecule has 0 fully saturated rings. The highest BCUT2D eigenvalue weighted by molar-refractivity contribution is 5.91. The van der Waals surface area contributed by atoms with Gasteiger partial charge in [0.2, 0.25) is 5.91 Å². The quantitative estimate of drug-likeness (QED) is 0.758. The van der Waals surface area contributed by atoms with E-state index in [0.717, 1.165) is 24.3 Å². The minimum absolute atomic E-state index is 0.0530. The number of aryl methyl sites for hydroxylation is 1. The average Bonchev–Trinajstić information content (AvgIpc) is 2.37. The normalized spacial score (nSPS) is 11.4. The number of amides is 1. The molecule has 1 aromatic carbocycles. The first kappa shape index (κ1) is 17.5. The Balaban J connectivity index is 2.53. The molecule has 0 unspecified atom stereocenters. The molecule has 0 aromatic heterocycles. The monoisotopic (exact) mass is 291 g/mol. The number of carbonyl (C=O) groups excluding carboxylic acids is 1. The lowest BCUT2D eigenvalue weighted by atomic mass is 10.1. The van der Waals surface area contributed by atoms with Crippen molar-refractivity contribution in [3.05, 3.63) is 23.8 Å². The highest BCUT2D eigenvalue weighted by atomic mass is 16.1. The Kier molecular flexibility index (Phi) is 6.69. The maximum atomic E-state index is 12.1. The maximum Gasteiger partial charge on any atom is 0.225 e. The van der Waals surface area contributed by atoms with E-state index in [0.29, 0.717) is 24.1 Å². The first-order valence-corrected chi connectivity index (χ1v) is 7.69. The van der Waals surface area contributed by atoms with Crippen molar-refractivity contribution >= 4 is 17.3 Å². The number of nitrogen functional groups attached to an aromatic ring is 1. The van der Waals surface area contributed by atoms with Crippen molar-refractivity contribution in [1.82, 2.24) is 4.90 Å². The minimum atomic E-state index is 0.0530. The Morgan fingerprint density at radius 1 is 1.29 bits per heavy atom. The number of anilines is 2. The summed E-state index contributed by atoms with van der Waals surface area (Å²) in [5.41, 5.74) is 8.27. The van der Waals surface area contributed by atoms with Gasteiger partial charge in [0.1, 0.15) is 0 Å². The Bertz CT molecular complexity index is 469. The number of nitrogens with one attached hydrogen (secondary N) is 1. The van der Waals surface area contributed by atoms with E-state index in [2.05, 4.69) is 37.9 Å². The first-order chi connectivity index (χ1) is 9.79. The van der Waals surface area contributed by atoms with E-state index < -0.39 is 0 Å². The van der Waals surface area contributed by atoms with Crippen LogP contribution in [0.5, 0.6) is 0 Å². The fourth-order valence-electron chi connectivity index (χ4n) is 2.31. The van der Waals surface area contributed by atoms with Crippen molar-refractivity contribution in [2.45, 2.75) is 47.1 Å². The molecular weight excluding hydrogens is 262 g/mol. The van der Waals surface area contributed by atoms with Gasteiger partial charge in [-0.15, -0.1) is 0 Å². The number of hydrogen-bond acceptors (Lipinski definition) is 3. The Hall–Kier alpha value is -1.55. The molecule has 3 N–H and O–H groups in total. The van der Waals surface area contributed by atoms with E-state index in [9.17, 15) is 4.79 Å². The maximum absolute atomic E-state index is 12.1. The Labute approximate surface area is 128 Å². The molecule has 1 rings (SSSR count). The lowest BCUT2D eigenvalue weighted by Crippen LogP contribution is -2.36. The van der Waals surface area contributed by atoms with Gasteiger partial charge in [-0.1, -0.05) is 13.8 Å². The van der Waals surface area contributed by atoms with Gasteiger partial charge in [0.25, 0.3) is 0 Å². The fraction of sp³-hybridized carbons (Fsp3) is 0.588. The third-order valence-corrected chi connectivity index (χ3v) is 3.48. The number of benzene rings is 1. The van der Waals surface area contributed by atoms with Crippen LogP contribution in [0.2, 0.25) is 0 Å². The van der Waals surface area contributed by atoms with Gasteiger partial charge in [0.05, 0.1) is 0 Å². The third kappa shape index (κ3) is 6.17. The van der Waals surface area contributed by atoms with Crippen LogP contribution in [0.1, 0.15) is 39.7 Å². The SMILES string of the molecule is Cc1cc(N)ccc1NC(=O)CCN(CC(C)C)C(C)C. The molecule has 0 atom stereocenters. The molecule has 4 heteroatoms. The summed E-state index contributed by atoms with van der Waals surface area (Å²) >= 11 is 0. The summed E-state index contributed by atoms with van der Waals surface area (Å²) in [5, 5.41) is 2.96. The summed E-state index contributed by atoms with van der Waals surface area (Å²) in [6.45, 7) is 12.5. The highest BCUT2D eigenvalue weighted by Crippen LogP contribution is 2.17. The van der Waals surface area contributed by atoms with E-state index in [1.54, 1.807) is 0 Å². The molecule has 1 aromatic rings. The van der Waals surface area contributed by atoms with Gasteiger partial charge in [-0.05, 0) is 50.5 Å². The fourth-order valence-corrected chi connectivity index (χ4v) is 2.31. The Morgan fingerprint density at radius 3 is 2.48 bits per heavy atom. The van der Waals surface area contributed by atoms with E-state index in [4.69, 9.17) is 5.73 Å². The van der Waals surface area contributed by atoms with Gasteiger partial charge >= 0.3 is 0 Å². The van der Waals surface area contributed by atoms with Gasteiger partial charge in [0, 0.05) is 36.9 Å². The van der Waals surface area contributed by atoms with Crippen LogP contribution in [0.25, 0.3) is 0 Å². The molecule has 0 bridgehead atoms. The summed E-state index contributed by atoms with van der Waals surface area (Å²) in [4.78, 5) is 14.4. The number of nitrogens with two attached hydrogens (primary N) is 1. The van der Waals surface area contributed by atoms with Crippen LogP contribution in [0.3, 0.4) is 0 Å². The summed E-state index contributed by atoms with van der Waals surface area (Å²) in [6, 6.07) is 5.99. The van der Waals surface area contributed by atoms with Crippen LogP contribution >= 0.6 is 0 Å². The molecule has 1 amide bonds. The second kappa shape index (κ2) is 8.03. The second-order valence-corrected chi connectivity index (χ2v) is 6.36. The van der Waals surface area contributed by atoms with Gasteiger partial charge < -0.3 is 16.0 Å². The molecular formula is C17H29N3O. The summed E-state index contributed by atoms with van der Waals surface area (Å²) in [5.74, 6) is 0.659. The van der Waals surface area contributed by atoms with Crippen LogP contribution in [0.4, 0.5) is 11.4 Å². The largest absolute Gasteiger partial charge is 0.399 e. The number of rotatable bonds is 7. The molecule has 0 radical (unpaired) electrons. The predicted octanol–water partition coefficient (Wildman–Crippen LogP) is 3.27. The second-order valence-electron chi connectivity index (χ2n) is 6.36. The van der Waals surface area contributed by atoms with Crippen molar-refractivity contribution < 1.29 is 4.79 Å². The molecule has 0 aliphatic rings. The Morgan fingerprint density at radius 2 is 1.95 bits per heavy atom. The lowest BCUT2D eigenvalue weighted by molar-refractivity contribution is -0.116. The number of carbonyl (C=O) groups is 1. The van der Waals surface area contributed by atoms with Crippen LogP contribution in [-0.2, 0) is 4.79 Å². The van der Waals surface area contributed by atoms with Crippen molar-refractivity contribution in [3.8, 4) is 0 Å². The first-order valence-electron chi connectivity index (χ1n) is 7.69. The molecule has 0 saturated heterocycles. The van der Waals surface area contributed by atoms with E-state index in [1.807, 2.05) is 25.1 Å². The molecule has 4 nitrogen and oxygen atoms in total. The van der Waals surface area contributed by atoms with Gasteiger partial charge in [0.15, 0.2) is 0 Å². The molecule has 0 aliphatic heterocycles.